The zero-order valence-electron chi connectivity index (χ0n) is 7.53. The molecule has 0 bridgehead atoms. The van der Waals surface area contributed by atoms with Crippen molar-refractivity contribution in [2.75, 3.05) is 0 Å². The second-order valence-electron chi connectivity index (χ2n) is 2.95. The number of hydrogen-bond donors (Lipinski definition) is 0. The molecule has 0 atom stereocenters. The van der Waals surface area contributed by atoms with Crippen LogP contribution in [0.4, 0.5) is 0 Å². The third-order valence-corrected chi connectivity index (χ3v) is 2.29. The lowest BCUT2D eigenvalue weighted by atomic mass is 10.4. The molecule has 2 aromatic heterocycles. The number of aromatic nitrogens is 1. The molecular weight excluding hydrogens is 246 g/mol. The van der Waals surface area contributed by atoms with Gasteiger partial charge in [0.15, 0.2) is 0 Å². The van der Waals surface area contributed by atoms with Crippen LogP contribution in [0.1, 0.15) is 6.92 Å². The number of carbonyl (C=O) groups is 1. The Kier molecular flexibility index (Phi) is 2.29. The molecule has 0 aliphatic rings. The van der Waals surface area contributed by atoms with E-state index in [0.29, 0.717) is 5.75 Å². The fraction of sp³-hybridized carbons (Fsp3) is 0.100. The van der Waals surface area contributed by atoms with Crippen molar-refractivity contribution in [2.24, 2.45) is 0 Å². The SMILES string of the molecule is CC(=O)Oc1cc2cc(Br)ccn2c1. The molecule has 0 aliphatic heterocycles. The molecule has 3 nitrogen and oxygen atoms in total. The summed E-state index contributed by atoms with van der Waals surface area (Å²) >= 11 is 3.37. The number of esters is 1. The Bertz CT molecular complexity index is 490. The smallest absolute Gasteiger partial charge is 0.308 e. The van der Waals surface area contributed by atoms with Crippen molar-refractivity contribution in [3.8, 4) is 5.75 Å². The molecule has 0 aliphatic carbocycles. The van der Waals surface area contributed by atoms with Gasteiger partial charge in [0.05, 0.1) is 6.20 Å². The lowest BCUT2D eigenvalue weighted by molar-refractivity contribution is -0.131. The largest absolute Gasteiger partial charge is 0.425 e. The summed E-state index contributed by atoms with van der Waals surface area (Å²) in [6.45, 7) is 1.39. The van der Waals surface area contributed by atoms with Gasteiger partial charge in [-0.2, -0.15) is 0 Å². The maximum Gasteiger partial charge on any atom is 0.308 e. The molecule has 4 heteroatoms. The van der Waals surface area contributed by atoms with Gasteiger partial charge >= 0.3 is 5.97 Å². The molecule has 0 saturated heterocycles. The van der Waals surface area contributed by atoms with Crippen molar-refractivity contribution in [1.82, 2.24) is 4.40 Å². The minimum atomic E-state index is -0.306. The predicted molar refractivity (Wildman–Crippen MR) is 56.4 cm³/mol. The highest BCUT2D eigenvalue weighted by atomic mass is 79.9. The van der Waals surface area contributed by atoms with E-state index in [0.717, 1.165) is 9.99 Å². The summed E-state index contributed by atoms with van der Waals surface area (Å²) in [5.41, 5.74) is 0.982. The van der Waals surface area contributed by atoms with Crippen LogP contribution >= 0.6 is 15.9 Å². The number of ether oxygens (including phenoxy) is 1. The summed E-state index contributed by atoms with van der Waals surface area (Å²) in [6.07, 6.45) is 3.66. The molecule has 0 amide bonds. The van der Waals surface area contributed by atoms with Gasteiger partial charge in [-0.25, -0.2) is 0 Å². The first-order valence-corrected chi connectivity index (χ1v) is 4.90. The summed E-state index contributed by atoms with van der Waals surface area (Å²) in [7, 11) is 0. The Balaban J connectivity index is 2.46. The average Bonchev–Trinajstić information content (AvgIpc) is 2.44. The van der Waals surface area contributed by atoms with Crippen LogP contribution in [-0.2, 0) is 4.79 Å². The first-order valence-electron chi connectivity index (χ1n) is 4.11. The van der Waals surface area contributed by atoms with Crippen molar-refractivity contribution in [3.05, 3.63) is 35.1 Å². The van der Waals surface area contributed by atoms with Crippen molar-refractivity contribution in [2.45, 2.75) is 6.92 Å². The highest BCUT2D eigenvalue weighted by Gasteiger charge is 2.02. The van der Waals surface area contributed by atoms with E-state index in [1.165, 1.54) is 6.92 Å². The Morgan fingerprint density at radius 3 is 3.00 bits per heavy atom. The number of carbonyl (C=O) groups excluding carboxylic acids is 1. The molecule has 0 spiro atoms. The Morgan fingerprint density at radius 2 is 2.29 bits per heavy atom. The van der Waals surface area contributed by atoms with Crippen molar-refractivity contribution in [1.29, 1.82) is 0 Å². The number of pyridine rings is 1. The van der Waals surface area contributed by atoms with Crippen molar-refractivity contribution < 1.29 is 9.53 Å². The summed E-state index contributed by atoms with van der Waals surface area (Å²) in [6, 6.07) is 5.68. The number of hydrogen-bond acceptors (Lipinski definition) is 2. The van der Waals surface area contributed by atoms with E-state index in [4.69, 9.17) is 4.74 Å². The highest BCUT2D eigenvalue weighted by molar-refractivity contribution is 9.10. The maximum atomic E-state index is 10.7. The lowest BCUT2D eigenvalue weighted by Crippen LogP contribution is -1.99. The summed E-state index contributed by atoms with van der Waals surface area (Å²) in [4.78, 5) is 10.7. The minimum Gasteiger partial charge on any atom is -0.425 e. The zero-order valence-corrected chi connectivity index (χ0v) is 9.11. The molecule has 2 heterocycles. The monoisotopic (exact) mass is 253 g/mol. The number of nitrogens with zero attached hydrogens (tertiary/aromatic N) is 1. The number of rotatable bonds is 1. The fourth-order valence-electron chi connectivity index (χ4n) is 1.28. The van der Waals surface area contributed by atoms with Gasteiger partial charge in [-0.15, -0.1) is 0 Å². The van der Waals surface area contributed by atoms with Crippen LogP contribution in [0.3, 0.4) is 0 Å². The van der Waals surface area contributed by atoms with Crippen LogP contribution in [0.2, 0.25) is 0 Å². The molecule has 0 aromatic carbocycles. The van der Waals surface area contributed by atoms with E-state index in [1.807, 2.05) is 28.8 Å². The van der Waals surface area contributed by atoms with Gasteiger partial charge in [0, 0.05) is 29.2 Å². The third kappa shape index (κ3) is 1.80. The molecule has 72 valence electrons. The Labute approximate surface area is 89.4 Å². The summed E-state index contributed by atoms with van der Waals surface area (Å²) in [5, 5.41) is 0. The van der Waals surface area contributed by atoms with E-state index in [1.54, 1.807) is 6.20 Å². The second kappa shape index (κ2) is 3.46. The first-order chi connectivity index (χ1) is 6.65. The van der Waals surface area contributed by atoms with Gasteiger partial charge in [0.25, 0.3) is 0 Å². The molecule has 2 rings (SSSR count). The predicted octanol–water partition coefficient (Wildman–Crippen LogP) is 2.63. The van der Waals surface area contributed by atoms with Gasteiger partial charge in [-0.3, -0.25) is 4.79 Å². The van der Waals surface area contributed by atoms with Crippen LogP contribution in [0.25, 0.3) is 5.52 Å². The van der Waals surface area contributed by atoms with E-state index in [2.05, 4.69) is 15.9 Å². The fourth-order valence-corrected chi connectivity index (χ4v) is 1.63. The minimum absolute atomic E-state index is 0.306. The Morgan fingerprint density at radius 1 is 1.50 bits per heavy atom. The highest BCUT2D eigenvalue weighted by Crippen LogP contribution is 2.20. The quantitative estimate of drug-likeness (QED) is 0.732. The zero-order chi connectivity index (χ0) is 10.1. The molecule has 0 radical (unpaired) electrons. The lowest BCUT2D eigenvalue weighted by Gasteiger charge is -1.93. The van der Waals surface area contributed by atoms with Gasteiger partial charge in [0.1, 0.15) is 5.75 Å². The molecular formula is C10H8BrNO2. The molecule has 0 saturated carbocycles. The van der Waals surface area contributed by atoms with Crippen molar-refractivity contribution in [3.63, 3.8) is 0 Å². The van der Waals surface area contributed by atoms with E-state index >= 15 is 0 Å². The average molecular weight is 254 g/mol. The standard InChI is InChI=1S/C10H8BrNO2/c1-7(13)14-10-5-9-4-8(11)2-3-12(9)6-10/h2-6H,1H3. The van der Waals surface area contributed by atoms with E-state index in [-0.39, 0.29) is 5.97 Å². The molecule has 2 aromatic rings. The second-order valence-corrected chi connectivity index (χ2v) is 3.86. The van der Waals surface area contributed by atoms with E-state index < -0.39 is 0 Å². The van der Waals surface area contributed by atoms with Crippen LogP contribution in [0.15, 0.2) is 35.1 Å². The van der Waals surface area contributed by atoms with E-state index in [9.17, 15) is 4.79 Å². The number of fused-ring (bicyclic) bond motifs is 1. The Hall–Kier alpha value is -1.29. The maximum absolute atomic E-state index is 10.7. The molecule has 14 heavy (non-hydrogen) atoms. The van der Waals surface area contributed by atoms with Crippen LogP contribution < -0.4 is 4.74 Å². The first kappa shape index (κ1) is 9.27. The molecule has 0 unspecified atom stereocenters. The van der Waals surface area contributed by atoms with Crippen molar-refractivity contribution >= 4 is 27.4 Å². The van der Waals surface area contributed by atoms with Crippen LogP contribution in [0, 0.1) is 0 Å². The number of halogens is 1. The summed E-state index contributed by atoms with van der Waals surface area (Å²) < 4.78 is 7.85. The van der Waals surface area contributed by atoms with Gasteiger partial charge < -0.3 is 9.14 Å². The molecule has 0 fully saturated rings. The topological polar surface area (TPSA) is 30.7 Å². The van der Waals surface area contributed by atoms with Crippen LogP contribution in [-0.4, -0.2) is 10.4 Å². The molecule has 0 N–H and O–H groups in total. The van der Waals surface area contributed by atoms with Gasteiger partial charge in [0.2, 0.25) is 0 Å². The third-order valence-electron chi connectivity index (χ3n) is 1.80. The summed E-state index contributed by atoms with van der Waals surface area (Å²) in [5.74, 6) is 0.260. The van der Waals surface area contributed by atoms with Gasteiger partial charge in [-0.1, -0.05) is 15.9 Å². The van der Waals surface area contributed by atoms with Gasteiger partial charge in [-0.05, 0) is 12.1 Å². The normalized spacial score (nSPS) is 10.4. The van der Waals surface area contributed by atoms with Crippen LogP contribution in [0.5, 0.6) is 5.75 Å².